The first-order chi connectivity index (χ1) is 10.6. The van der Waals surface area contributed by atoms with E-state index in [0.717, 1.165) is 38.9 Å². The van der Waals surface area contributed by atoms with E-state index < -0.39 is 0 Å². The van der Waals surface area contributed by atoms with Crippen LogP contribution in [0.2, 0.25) is 0 Å². The van der Waals surface area contributed by atoms with Crippen molar-refractivity contribution in [3.63, 3.8) is 0 Å². The molecule has 2 fully saturated rings. The van der Waals surface area contributed by atoms with Crippen molar-refractivity contribution < 1.29 is 9.59 Å². The highest BCUT2D eigenvalue weighted by atomic mass is 16.2. The van der Waals surface area contributed by atoms with Gasteiger partial charge in [0.1, 0.15) is 0 Å². The second kappa shape index (κ2) is 6.51. The van der Waals surface area contributed by atoms with E-state index in [2.05, 4.69) is 31.2 Å². The molecule has 0 spiro atoms. The van der Waals surface area contributed by atoms with E-state index >= 15 is 0 Å². The Bertz CT molecular complexity index is 570. The van der Waals surface area contributed by atoms with E-state index in [1.807, 2.05) is 4.90 Å². The summed E-state index contributed by atoms with van der Waals surface area (Å²) in [7, 11) is 0. The Kier molecular flexibility index (Phi) is 4.46. The number of nitrogens with zero attached hydrogens (tertiary/aromatic N) is 2. The van der Waals surface area contributed by atoms with E-state index in [1.165, 1.54) is 11.1 Å². The van der Waals surface area contributed by atoms with Crippen molar-refractivity contribution in [3.8, 4) is 0 Å². The lowest BCUT2D eigenvalue weighted by Crippen LogP contribution is -2.45. The smallest absolute Gasteiger partial charge is 0.242 e. The fourth-order valence-corrected chi connectivity index (χ4v) is 3.64. The van der Waals surface area contributed by atoms with Gasteiger partial charge in [-0.25, -0.2) is 0 Å². The third kappa shape index (κ3) is 3.16. The highest BCUT2D eigenvalue weighted by molar-refractivity contribution is 5.86. The summed E-state index contributed by atoms with van der Waals surface area (Å²) in [4.78, 5) is 27.8. The molecular formula is C18H24N2O2. The minimum atomic E-state index is 0.105. The topological polar surface area (TPSA) is 40.6 Å². The standard InChI is InChI=1S/C18H24N2O2/c1-14-6-2-3-8-16(14)15-7-4-10-19(12-15)18(22)13-20-11-5-9-17(20)21/h2-3,6,8,15H,4-5,7,9-13H2,1H3/t15-/m1/s1. The first-order valence-corrected chi connectivity index (χ1v) is 8.26. The largest absolute Gasteiger partial charge is 0.341 e. The summed E-state index contributed by atoms with van der Waals surface area (Å²) in [6.45, 7) is 4.74. The molecule has 0 N–H and O–H groups in total. The summed E-state index contributed by atoms with van der Waals surface area (Å²) in [5, 5.41) is 0. The van der Waals surface area contributed by atoms with Crippen LogP contribution in [0.25, 0.3) is 0 Å². The van der Waals surface area contributed by atoms with Crippen molar-refractivity contribution >= 4 is 11.8 Å². The second-order valence-electron chi connectivity index (χ2n) is 6.45. The SMILES string of the molecule is Cc1ccccc1[C@@H]1CCCN(C(=O)CN2CCCC2=O)C1. The average molecular weight is 300 g/mol. The Labute approximate surface area is 132 Å². The molecule has 1 atom stereocenters. The summed E-state index contributed by atoms with van der Waals surface area (Å²) >= 11 is 0. The van der Waals surface area contributed by atoms with Gasteiger partial charge in [-0.1, -0.05) is 24.3 Å². The van der Waals surface area contributed by atoms with Gasteiger partial charge < -0.3 is 9.80 Å². The molecule has 0 aromatic heterocycles. The van der Waals surface area contributed by atoms with Gasteiger partial charge in [-0.15, -0.1) is 0 Å². The van der Waals surface area contributed by atoms with E-state index in [4.69, 9.17) is 0 Å². The van der Waals surface area contributed by atoms with Crippen molar-refractivity contribution in [1.29, 1.82) is 0 Å². The van der Waals surface area contributed by atoms with Gasteiger partial charge in [0.15, 0.2) is 0 Å². The Morgan fingerprint density at radius 3 is 2.77 bits per heavy atom. The molecule has 0 aliphatic carbocycles. The van der Waals surface area contributed by atoms with Crippen LogP contribution in [0.1, 0.15) is 42.7 Å². The van der Waals surface area contributed by atoms with Gasteiger partial charge in [-0.2, -0.15) is 0 Å². The van der Waals surface area contributed by atoms with Crippen LogP contribution in [0.15, 0.2) is 24.3 Å². The van der Waals surface area contributed by atoms with Crippen LogP contribution in [-0.2, 0) is 9.59 Å². The van der Waals surface area contributed by atoms with Gasteiger partial charge in [-0.05, 0) is 37.3 Å². The molecule has 2 heterocycles. The molecule has 0 unspecified atom stereocenters. The van der Waals surface area contributed by atoms with Crippen molar-refractivity contribution in [2.24, 2.45) is 0 Å². The van der Waals surface area contributed by atoms with Gasteiger partial charge in [0.2, 0.25) is 11.8 Å². The van der Waals surface area contributed by atoms with Gasteiger partial charge >= 0.3 is 0 Å². The predicted molar refractivity (Wildman–Crippen MR) is 85.5 cm³/mol. The number of rotatable bonds is 3. The Balaban J connectivity index is 1.64. The molecule has 1 aromatic carbocycles. The summed E-state index contributed by atoms with van der Waals surface area (Å²) in [6.07, 6.45) is 3.66. The molecule has 0 bridgehead atoms. The number of carbonyl (C=O) groups excluding carboxylic acids is 2. The lowest BCUT2D eigenvalue weighted by molar-refractivity contribution is -0.139. The summed E-state index contributed by atoms with van der Waals surface area (Å²) in [5.41, 5.74) is 2.66. The summed E-state index contributed by atoms with van der Waals surface area (Å²) in [6, 6.07) is 8.45. The van der Waals surface area contributed by atoms with Gasteiger partial charge in [-0.3, -0.25) is 9.59 Å². The molecule has 118 valence electrons. The summed E-state index contributed by atoms with van der Waals surface area (Å²) in [5.74, 6) is 0.655. The fourth-order valence-electron chi connectivity index (χ4n) is 3.64. The molecule has 2 aliphatic rings. The summed E-state index contributed by atoms with van der Waals surface area (Å²) < 4.78 is 0. The van der Waals surface area contributed by atoms with E-state index in [-0.39, 0.29) is 18.4 Å². The zero-order valence-electron chi connectivity index (χ0n) is 13.3. The maximum Gasteiger partial charge on any atom is 0.242 e. The molecule has 0 radical (unpaired) electrons. The number of hydrogen-bond acceptors (Lipinski definition) is 2. The predicted octanol–water partition coefficient (Wildman–Crippen LogP) is 2.32. The third-order valence-corrected chi connectivity index (χ3v) is 4.90. The zero-order chi connectivity index (χ0) is 15.5. The first-order valence-electron chi connectivity index (χ1n) is 8.26. The van der Waals surface area contributed by atoms with Crippen LogP contribution < -0.4 is 0 Å². The van der Waals surface area contributed by atoms with Crippen LogP contribution >= 0.6 is 0 Å². The lowest BCUT2D eigenvalue weighted by atomic mass is 9.88. The zero-order valence-corrected chi connectivity index (χ0v) is 13.3. The van der Waals surface area contributed by atoms with Gasteiger partial charge in [0.05, 0.1) is 6.54 Å². The monoisotopic (exact) mass is 300 g/mol. The number of carbonyl (C=O) groups is 2. The maximum absolute atomic E-state index is 12.5. The number of aryl methyl sites for hydroxylation is 1. The lowest BCUT2D eigenvalue weighted by Gasteiger charge is -2.34. The molecule has 4 nitrogen and oxygen atoms in total. The maximum atomic E-state index is 12.5. The van der Waals surface area contributed by atoms with Gasteiger partial charge in [0.25, 0.3) is 0 Å². The Hall–Kier alpha value is -1.84. The van der Waals surface area contributed by atoms with Crippen molar-refractivity contribution in [3.05, 3.63) is 35.4 Å². The van der Waals surface area contributed by atoms with Crippen molar-refractivity contribution in [1.82, 2.24) is 9.80 Å². The van der Waals surface area contributed by atoms with Crippen molar-refractivity contribution in [2.45, 2.75) is 38.5 Å². The fraction of sp³-hybridized carbons (Fsp3) is 0.556. The normalized spacial score (nSPS) is 22.2. The van der Waals surface area contributed by atoms with Crippen LogP contribution in [-0.4, -0.2) is 47.8 Å². The van der Waals surface area contributed by atoms with Gasteiger partial charge in [0, 0.05) is 32.0 Å². The van der Waals surface area contributed by atoms with E-state index in [0.29, 0.717) is 12.3 Å². The highest BCUT2D eigenvalue weighted by Gasteiger charge is 2.28. The molecule has 2 amide bonds. The molecule has 3 rings (SSSR count). The number of amides is 2. The molecule has 2 aliphatic heterocycles. The molecule has 0 saturated carbocycles. The minimum Gasteiger partial charge on any atom is -0.341 e. The van der Waals surface area contributed by atoms with Crippen molar-refractivity contribution in [2.75, 3.05) is 26.2 Å². The van der Waals surface area contributed by atoms with Crippen LogP contribution in [0, 0.1) is 6.92 Å². The quantitative estimate of drug-likeness (QED) is 0.859. The van der Waals surface area contributed by atoms with Crippen LogP contribution in [0.4, 0.5) is 0 Å². The highest BCUT2D eigenvalue weighted by Crippen LogP contribution is 2.29. The minimum absolute atomic E-state index is 0.105. The average Bonchev–Trinajstić information content (AvgIpc) is 2.93. The first kappa shape index (κ1) is 15.1. The van der Waals surface area contributed by atoms with E-state index in [1.54, 1.807) is 4.90 Å². The van der Waals surface area contributed by atoms with E-state index in [9.17, 15) is 9.59 Å². The molecular weight excluding hydrogens is 276 g/mol. The van der Waals surface area contributed by atoms with Crippen LogP contribution in [0.3, 0.4) is 0 Å². The molecule has 22 heavy (non-hydrogen) atoms. The number of benzene rings is 1. The number of piperidine rings is 1. The Morgan fingerprint density at radius 2 is 2.05 bits per heavy atom. The molecule has 4 heteroatoms. The second-order valence-corrected chi connectivity index (χ2v) is 6.45. The third-order valence-electron chi connectivity index (χ3n) is 4.90. The number of hydrogen-bond donors (Lipinski definition) is 0. The van der Waals surface area contributed by atoms with Crippen LogP contribution in [0.5, 0.6) is 0 Å². The Morgan fingerprint density at radius 1 is 1.23 bits per heavy atom. The number of likely N-dealkylation sites (tertiary alicyclic amines) is 2. The molecule has 2 saturated heterocycles. The molecule has 1 aromatic rings.